The van der Waals surface area contributed by atoms with Crippen molar-refractivity contribution in [3.05, 3.63) is 35.9 Å². The van der Waals surface area contributed by atoms with Crippen molar-refractivity contribution in [3.8, 4) is 0 Å². The third-order valence-electron chi connectivity index (χ3n) is 3.37. The molecule has 1 atom stereocenters. The largest absolute Gasteiger partial charge is 0.445 e. The molecule has 1 saturated carbocycles. The molecule has 20 heavy (non-hydrogen) atoms. The number of ether oxygens (including phenoxy) is 1. The minimum atomic E-state index is -0.368. The van der Waals surface area contributed by atoms with E-state index in [0.29, 0.717) is 19.2 Å². The van der Waals surface area contributed by atoms with Crippen molar-refractivity contribution in [2.24, 2.45) is 0 Å². The molecule has 1 aromatic rings. The van der Waals surface area contributed by atoms with Gasteiger partial charge in [-0.05, 0) is 25.3 Å². The van der Waals surface area contributed by atoms with E-state index < -0.39 is 0 Å². The van der Waals surface area contributed by atoms with Crippen LogP contribution in [-0.2, 0) is 11.3 Å². The van der Waals surface area contributed by atoms with E-state index >= 15 is 0 Å². The predicted molar refractivity (Wildman–Crippen MR) is 76.3 cm³/mol. The molecule has 110 valence electrons. The number of hydrogen-bond donors (Lipinski definition) is 3. The first-order valence-electron chi connectivity index (χ1n) is 7.02. The average molecular weight is 278 g/mol. The highest BCUT2D eigenvalue weighted by atomic mass is 16.5. The van der Waals surface area contributed by atoms with Crippen molar-refractivity contribution >= 4 is 6.09 Å². The summed E-state index contributed by atoms with van der Waals surface area (Å²) in [5, 5.41) is 15.2. The van der Waals surface area contributed by atoms with Gasteiger partial charge in [0.25, 0.3) is 0 Å². The lowest BCUT2D eigenvalue weighted by Crippen LogP contribution is -2.53. The van der Waals surface area contributed by atoms with Gasteiger partial charge in [-0.15, -0.1) is 0 Å². The van der Waals surface area contributed by atoms with E-state index in [1.807, 2.05) is 30.3 Å². The van der Waals surface area contributed by atoms with Crippen LogP contribution >= 0.6 is 0 Å². The average Bonchev–Trinajstić information content (AvgIpc) is 2.39. The van der Waals surface area contributed by atoms with Gasteiger partial charge in [0.15, 0.2) is 0 Å². The van der Waals surface area contributed by atoms with Gasteiger partial charge < -0.3 is 20.5 Å². The van der Waals surface area contributed by atoms with Gasteiger partial charge in [-0.1, -0.05) is 30.3 Å². The summed E-state index contributed by atoms with van der Waals surface area (Å²) in [7, 11) is 0. The van der Waals surface area contributed by atoms with Crippen molar-refractivity contribution in [2.45, 2.75) is 44.6 Å². The highest BCUT2D eigenvalue weighted by Gasteiger charge is 2.30. The van der Waals surface area contributed by atoms with Crippen LogP contribution in [0.25, 0.3) is 0 Å². The molecule has 5 nitrogen and oxygen atoms in total. The Kier molecular flexibility index (Phi) is 5.38. The van der Waals surface area contributed by atoms with Gasteiger partial charge in [0.05, 0.1) is 6.10 Å². The number of amides is 1. The minimum Gasteiger partial charge on any atom is -0.445 e. The maximum atomic E-state index is 11.6. The fraction of sp³-hybridized carbons (Fsp3) is 0.533. The summed E-state index contributed by atoms with van der Waals surface area (Å²) in [5.41, 5.74) is 0.979. The Morgan fingerprint density at radius 1 is 1.35 bits per heavy atom. The molecule has 0 heterocycles. The normalized spacial score (nSPS) is 22.7. The van der Waals surface area contributed by atoms with Crippen LogP contribution in [0.15, 0.2) is 30.3 Å². The molecule has 0 spiro atoms. The molecule has 0 bridgehead atoms. The Morgan fingerprint density at radius 3 is 2.70 bits per heavy atom. The number of benzene rings is 1. The molecule has 1 aromatic carbocycles. The summed E-state index contributed by atoms with van der Waals surface area (Å²) in [6, 6.07) is 10.2. The highest BCUT2D eigenvalue weighted by molar-refractivity contribution is 5.67. The minimum absolute atomic E-state index is 0.171. The number of alkyl carbamates (subject to hydrolysis) is 1. The van der Waals surface area contributed by atoms with Crippen molar-refractivity contribution in [2.75, 3.05) is 6.54 Å². The highest BCUT2D eigenvalue weighted by Crippen LogP contribution is 2.20. The van der Waals surface area contributed by atoms with Crippen molar-refractivity contribution in [3.63, 3.8) is 0 Å². The Bertz CT molecular complexity index is 416. The van der Waals surface area contributed by atoms with E-state index in [1.165, 1.54) is 0 Å². The van der Waals surface area contributed by atoms with Gasteiger partial charge in [-0.3, -0.25) is 0 Å². The zero-order chi connectivity index (χ0) is 14.4. The van der Waals surface area contributed by atoms with Gasteiger partial charge in [-0.25, -0.2) is 4.79 Å². The van der Waals surface area contributed by atoms with Gasteiger partial charge in [0, 0.05) is 18.6 Å². The number of carbonyl (C=O) groups excluding carboxylic acids is 1. The fourth-order valence-corrected chi connectivity index (χ4v) is 2.17. The molecule has 0 saturated heterocycles. The summed E-state index contributed by atoms with van der Waals surface area (Å²) >= 11 is 0. The number of carbonyl (C=O) groups is 1. The van der Waals surface area contributed by atoms with E-state index in [4.69, 9.17) is 9.84 Å². The Morgan fingerprint density at radius 2 is 2.05 bits per heavy atom. The standard InChI is InChI=1S/C15H22N2O3/c1-11(18)9-16-13-7-14(8-13)17-15(19)20-10-12-5-3-2-4-6-12/h2-6,11,13-14,16,18H,7-10H2,1H3,(H,17,19). The van der Waals surface area contributed by atoms with Crippen LogP contribution in [-0.4, -0.2) is 35.9 Å². The molecule has 1 unspecified atom stereocenters. The van der Waals surface area contributed by atoms with Crippen LogP contribution < -0.4 is 10.6 Å². The van der Waals surface area contributed by atoms with E-state index in [2.05, 4.69) is 10.6 Å². The molecule has 1 fully saturated rings. The second-order valence-electron chi connectivity index (χ2n) is 5.33. The number of aliphatic hydroxyl groups is 1. The molecule has 0 aliphatic heterocycles. The summed E-state index contributed by atoms with van der Waals surface area (Å²) in [4.78, 5) is 11.6. The smallest absolute Gasteiger partial charge is 0.407 e. The molecule has 1 amide bonds. The SMILES string of the molecule is CC(O)CNC1CC(NC(=O)OCc2ccccc2)C1. The molecular formula is C15H22N2O3. The van der Waals surface area contributed by atoms with Crippen LogP contribution in [0.4, 0.5) is 4.79 Å². The lowest BCUT2D eigenvalue weighted by atomic mass is 9.87. The molecule has 1 aliphatic rings. The van der Waals surface area contributed by atoms with Crippen LogP contribution in [0.5, 0.6) is 0 Å². The molecule has 3 N–H and O–H groups in total. The third kappa shape index (κ3) is 4.83. The molecular weight excluding hydrogens is 256 g/mol. The molecule has 2 rings (SSSR count). The molecule has 1 aliphatic carbocycles. The van der Waals surface area contributed by atoms with E-state index in [0.717, 1.165) is 18.4 Å². The predicted octanol–water partition coefficient (Wildman–Crippen LogP) is 1.41. The maximum Gasteiger partial charge on any atom is 0.407 e. The monoisotopic (exact) mass is 278 g/mol. The fourth-order valence-electron chi connectivity index (χ4n) is 2.17. The second kappa shape index (κ2) is 7.26. The summed E-state index contributed by atoms with van der Waals surface area (Å²) in [6.45, 7) is 2.64. The zero-order valence-electron chi connectivity index (χ0n) is 11.7. The Balaban J connectivity index is 1.58. The number of hydrogen-bond acceptors (Lipinski definition) is 4. The van der Waals surface area contributed by atoms with Crippen LogP contribution in [0, 0.1) is 0 Å². The van der Waals surface area contributed by atoms with Crippen molar-refractivity contribution in [1.82, 2.24) is 10.6 Å². The number of rotatable bonds is 6. The third-order valence-corrected chi connectivity index (χ3v) is 3.37. The summed E-state index contributed by atoms with van der Waals surface area (Å²) < 4.78 is 5.16. The molecule has 0 radical (unpaired) electrons. The Hall–Kier alpha value is -1.59. The van der Waals surface area contributed by atoms with Crippen LogP contribution in [0.2, 0.25) is 0 Å². The van der Waals surface area contributed by atoms with E-state index in [9.17, 15) is 4.79 Å². The lowest BCUT2D eigenvalue weighted by Gasteiger charge is -2.36. The lowest BCUT2D eigenvalue weighted by molar-refractivity contribution is 0.122. The second-order valence-corrected chi connectivity index (χ2v) is 5.33. The summed E-state index contributed by atoms with van der Waals surface area (Å²) in [6.07, 6.45) is 1.06. The number of nitrogens with one attached hydrogen (secondary N) is 2. The number of aliphatic hydroxyl groups excluding tert-OH is 1. The summed E-state index contributed by atoms with van der Waals surface area (Å²) in [5.74, 6) is 0. The van der Waals surface area contributed by atoms with E-state index in [-0.39, 0.29) is 18.2 Å². The first-order chi connectivity index (χ1) is 9.63. The topological polar surface area (TPSA) is 70.6 Å². The first-order valence-corrected chi connectivity index (χ1v) is 7.02. The Labute approximate surface area is 119 Å². The van der Waals surface area contributed by atoms with Crippen LogP contribution in [0.1, 0.15) is 25.3 Å². The van der Waals surface area contributed by atoms with Gasteiger partial charge in [0.1, 0.15) is 6.61 Å². The van der Waals surface area contributed by atoms with Gasteiger partial charge in [-0.2, -0.15) is 0 Å². The van der Waals surface area contributed by atoms with Crippen molar-refractivity contribution < 1.29 is 14.6 Å². The van der Waals surface area contributed by atoms with Crippen LogP contribution in [0.3, 0.4) is 0 Å². The zero-order valence-corrected chi connectivity index (χ0v) is 11.7. The quantitative estimate of drug-likeness (QED) is 0.736. The molecule has 0 aromatic heterocycles. The maximum absolute atomic E-state index is 11.6. The van der Waals surface area contributed by atoms with E-state index in [1.54, 1.807) is 6.92 Å². The molecule has 5 heteroatoms. The van der Waals surface area contributed by atoms with Crippen molar-refractivity contribution in [1.29, 1.82) is 0 Å². The first kappa shape index (κ1) is 14.8. The van der Waals surface area contributed by atoms with Gasteiger partial charge >= 0.3 is 6.09 Å². The van der Waals surface area contributed by atoms with Gasteiger partial charge in [0.2, 0.25) is 0 Å².